The molecule has 0 atom stereocenters. The number of amides is 1. The maximum atomic E-state index is 12.6. The van der Waals surface area contributed by atoms with Crippen molar-refractivity contribution in [3.8, 4) is 5.13 Å². The van der Waals surface area contributed by atoms with E-state index in [4.69, 9.17) is 0 Å². The lowest BCUT2D eigenvalue weighted by Gasteiger charge is -2.06. The van der Waals surface area contributed by atoms with Gasteiger partial charge >= 0.3 is 0 Å². The van der Waals surface area contributed by atoms with Gasteiger partial charge in [0, 0.05) is 35.9 Å². The summed E-state index contributed by atoms with van der Waals surface area (Å²) >= 11 is 1.55. The number of imidazole rings is 1. The maximum Gasteiger partial charge on any atom is 0.253 e. The molecule has 0 aliphatic rings. The van der Waals surface area contributed by atoms with Crippen LogP contribution in [0.1, 0.15) is 27.6 Å². The number of fused-ring (bicyclic) bond motifs is 1. The highest BCUT2D eigenvalue weighted by Crippen LogP contribution is 2.22. The molecule has 0 fully saturated rings. The van der Waals surface area contributed by atoms with E-state index in [0.717, 1.165) is 33.4 Å². The number of carbonyl (C=O) groups excluding carboxylic acids is 1. The number of rotatable bonds is 5. The van der Waals surface area contributed by atoms with Crippen LogP contribution in [0.4, 0.5) is 0 Å². The summed E-state index contributed by atoms with van der Waals surface area (Å²) in [5.74, 6) is 0.803. The Bertz CT molecular complexity index is 1030. The molecule has 1 amide bonds. The summed E-state index contributed by atoms with van der Waals surface area (Å²) in [6.07, 6.45) is 2.43. The first kappa shape index (κ1) is 16.5. The zero-order valence-electron chi connectivity index (χ0n) is 14.6. The van der Waals surface area contributed by atoms with E-state index in [-0.39, 0.29) is 5.91 Å². The molecular weight excluding hydrogens is 346 g/mol. The van der Waals surface area contributed by atoms with Crippen LogP contribution in [0.2, 0.25) is 0 Å². The van der Waals surface area contributed by atoms with Crippen LogP contribution in [0.15, 0.2) is 41.9 Å². The third-order valence-corrected chi connectivity index (χ3v) is 5.13. The van der Waals surface area contributed by atoms with E-state index >= 15 is 0 Å². The fourth-order valence-corrected chi connectivity index (χ4v) is 3.88. The van der Waals surface area contributed by atoms with Gasteiger partial charge in [0.1, 0.15) is 5.82 Å². The van der Waals surface area contributed by atoms with E-state index in [0.29, 0.717) is 18.5 Å². The van der Waals surface area contributed by atoms with Gasteiger partial charge in [-0.25, -0.2) is 9.97 Å². The Kier molecular flexibility index (Phi) is 4.30. The van der Waals surface area contributed by atoms with Crippen LogP contribution in [-0.2, 0) is 6.42 Å². The van der Waals surface area contributed by atoms with Gasteiger partial charge in [-0.1, -0.05) is 12.1 Å². The number of aryl methyl sites for hydroxylation is 1. The second kappa shape index (κ2) is 6.76. The fourth-order valence-electron chi connectivity index (χ4n) is 3.13. The molecule has 2 N–H and O–H groups in total. The summed E-state index contributed by atoms with van der Waals surface area (Å²) in [5.41, 5.74) is 4.54. The quantitative estimate of drug-likeness (QED) is 0.569. The van der Waals surface area contributed by atoms with E-state index in [1.807, 2.05) is 54.1 Å². The van der Waals surface area contributed by atoms with Gasteiger partial charge in [0.05, 0.1) is 16.6 Å². The van der Waals surface area contributed by atoms with Crippen LogP contribution in [0.5, 0.6) is 0 Å². The van der Waals surface area contributed by atoms with Gasteiger partial charge in [-0.2, -0.15) is 0 Å². The molecule has 6 nitrogen and oxygen atoms in total. The number of thiazole rings is 1. The molecule has 0 saturated heterocycles. The van der Waals surface area contributed by atoms with Crippen molar-refractivity contribution in [2.24, 2.45) is 0 Å². The number of nitrogens with zero attached hydrogens (tertiary/aromatic N) is 3. The second-order valence-corrected chi connectivity index (χ2v) is 7.01. The van der Waals surface area contributed by atoms with Crippen molar-refractivity contribution >= 4 is 28.3 Å². The number of carbonyl (C=O) groups is 1. The highest BCUT2D eigenvalue weighted by molar-refractivity contribution is 7.12. The highest BCUT2D eigenvalue weighted by Gasteiger charge is 2.17. The number of hydrogen-bond acceptors (Lipinski definition) is 4. The highest BCUT2D eigenvalue weighted by atomic mass is 32.1. The minimum absolute atomic E-state index is 0.0722. The predicted octanol–water partition coefficient (Wildman–Crippen LogP) is 3.40. The molecular formula is C19H19N5OS. The van der Waals surface area contributed by atoms with Crippen LogP contribution in [0.25, 0.3) is 16.2 Å². The number of aromatic nitrogens is 4. The first-order chi connectivity index (χ1) is 12.6. The topological polar surface area (TPSA) is 75.6 Å². The van der Waals surface area contributed by atoms with Crippen LogP contribution < -0.4 is 5.32 Å². The Morgan fingerprint density at radius 3 is 2.92 bits per heavy atom. The SMILES string of the molecule is Cc1cc(C(=O)NCCc2nc3ccccc3[nH]2)c(C)n1-c1nccs1. The van der Waals surface area contributed by atoms with Crippen molar-refractivity contribution in [2.45, 2.75) is 20.3 Å². The Morgan fingerprint density at radius 2 is 2.15 bits per heavy atom. The van der Waals surface area contributed by atoms with Gasteiger partial charge in [-0.3, -0.25) is 9.36 Å². The lowest BCUT2D eigenvalue weighted by molar-refractivity contribution is 0.0953. The third kappa shape index (κ3) is 3.01. The summed E-state index contributed by atoms with van der Waals surface area (Å²) in [5, 5.41) is 5.80. The number of benzene rings is 1. The molecule has 7 heteroatoms. The average molecular weight is 365 g/mol. The van der Waals surface area contributed by atoms with E-state index in [1.165, 1.54) is 0 Å². The average Bonchev–Trinajstić information content (AvgIpc) is 3.33. The molecule has 0 aliphatic carbocycles. The summed E-state index contributed by atoms with van der Waals surface area (Å²) in [6.45, 7) is 4.46. The van der Waals surface area contributed by atoms with E-state index in [1.54, 1.807) is 17.5 Å². The van der Waals surface area contributed by atoms with Crippen LogP contribution >= 0.6 is 11.3 Å². The Labute approximate surface area is 154 Å². The molecule has 0 unspecified atom stereocenters. The summed E-state index contributed by atoms with van der Waals surface area (Å²) < 4.78 is 2.01. The van der Waals surface area contributed by atoms with Crippen molar-refractivity contribution < 1.29 is 4.79 Å². The second-order valence-electron chi connectivity index (χ2n) is 6.14. The molecule has 4 rings (SSSR count). The van der Waals surface area contributed by atoms with Gasteiger partial charge in [0.25, 0.3) is 5.91 Å². The monoisotopic (exact) mass is 365 g/mol. The predicted molar refractivity (Wildman–Crippen MR) is 103 cm³/mol. The molecule has 3 aromatic heterocycles. The Hall–Kier alpha value is -2.93. The molecule has 132 valence electrons. The Morgan fingerprint density at radius 1 is 1.31 bits per heavy atom. The van der Waals surface area contributed by atoms with E-state index < -0.39 is 0 Å². The van der Waals surface area contributed by atoms with Crippen LogP contribution in [0, 0.1) is 13.8 Å². The third-order valence-electron chi connectivity index (χ3n) is 4.37. The molecule has 0 saturated carbocycles. The molecule has 26 heavy (non-hydrogen) atoms. The summed E-state index contributed by atoms with van der Waals surface area (Å²) in [7, 11) is 0. The van der Waals surface area contributed by atoms with Crippen molar-refractivity contribution in [3.05, 3.63) is 64.7 Å². The maximum absolute atomic E-state index is 12.6. The molecule has 1 aromatic carbocycles. The van der Waals surface area contributed by atoms with Gasteiger partial charge < -0.3 is 10.3 Å². The van der Waals surface area contributed by atoms with Crippen molar-refractivity contribution in [1.82, 2.24) is 24.8 Å². The number of nitrogens with one attached hydrogen (secondary N) is 2. The lowest BCUT2D eigenvalue weighted by Crippen LogP contribution is -2.26. The Balaban J connectivity index is 1.44. The van der Waals surface area contributed by atoms with E-state index in [2.05, 4.69) is 20.3 Å². The lowest BCUT2D eigenvalue weighted by atomic mass is 10.2. The number of hydrogen-bond donors (Lipinski definition) is 2. The molecule has 0 radical (unpaired) electrons. The van der Waals surface area contributed by atoms with Crippen molar-refractivity contribution in [2.75, 3.05) is 6.54 Å². The largest absolute Gasteiger partial charge is 0.352 e. The van der Waals surface area contributed by atoms with Crippen LogP contribution in [0.3, 0.4) is 0 Å². The first-order valence-electron chi connectivity index (χ1n) is 8.44. The normalized spacial score (nSPS) is 11.2. The minimum Gasteiger partial charge on any atom is -0.352 e. The number of H-pyrrole nitrogens is 1. The smallest absolute Gasteiger partial charge is 0.253 e. The molecule has 4 aromatic rings. The van der Waals surface area contributed by atoms with Crippen LogP contribution in [-0.4, -0.2) is 32.0 Å². The fraction of sp³-hybridized carbons (Fsp3) is 0.211. The summed E-state index contributed by atoms with van der Waals surface area (Å²) in [4.78, 5) is 24.7. The zero-order valence-corrected chi connectivity index (χ0v) is 15.4. The number of aromatic amines is 1. The van der Waals surface area contributed by atoms with Gasteiger partial charge in [-0.15, -0.1) is 11.3 Å². The van der Waals surface area contributed by atoms with Gasteiger partial charge in [0.15, 0.2) is 5.13 Å². The summed E-state index contributed by atoms with van der Waals surface area (Å²) in [6, 6.07) is 9.82. The standard InChI is InChI=1S/C19H19N5OS/c1-12-11-14(13(2)24(12)19-21-9-10-26-19)18(25)20-8-7-17-22-15-5-3-4-6-16(15)23-17/h3-6,9-11H,7-8H2,1-2H3,(H,20,25)(H,22,23). The molecule has 0 spiro atoms. The van der Waals surface area contributed by atoms with Crippen molar-refractivity contribution in [3.63, 3.8) is 0 Å². The molecule has 3 heterocycles. The van der Waals surface area contributed by atoms with Gasteiger partial charge in [-0.05, 0) is 32.0 Å². The molecule has 0 aliphatic heterocycles. The first-order valence-corrected chi connectivity index (χ1v) is 9.32. The zero-order chi connectivity index (χ0) is 18.1. The minimum atomic E-state index is -0.0722. The molecule has 0 bridgehead atoms. The van der Waals surface area contributed by atoms with Crippen molar-refractivity contribution in [1.29, 1.82) is 0 Å². The number of para-hydroxylation sites is 2. The van der Waals surface area contributed by atoms with Gasteiger partial charge in [0.2, 0.25) is 0 Å². The van der Waals surface area contributed by atoms with E-state index in [9.17, 15) is 4.79 Å².